The Morgan fingerprint density at radius 2 is 1.83 bits per heavy atom. The van der Waals surface area contributed by atoms with Crippen LogP contribution < -0.4 is 15.4 Å². The monoisotopic (exact) mass is 543 g/mol. The van der Waals surface area contributed by atoms with Crippen molar-refractivity contribution in [2.24, 2.45) is 0 Å². The van der Waals surface area contributed by atoms with Gasteiger partial charge in [0.25, 0.3) is 0 Å². The molecule has 0 unspecified atom stereocenters. The average molecular weight is 544 g/mol. The van der Waals surface area contributed by atoms with Crippen LogP contribution in [0.25, 0.3) is 22.0 Å². The van der Waals surface area contributed by atoms with Gasteiger partial charge in [0, 0.05) is 43.2 Å². The molecule has 3 heterocycles. The summed E-state index contributed by atoms with van der Waals surface area (Å²) in [4.78, 5) is 26.8. The first-order chi connectivity index (χ1) is 20.1. The minimum absolute atomic E-state index is 0.177. The van der Waals surface area contributed by atoms with Gasteiger partial charge in [0.15, 0.2) is 0 Å². The minimum atomic E-state index is 0.177. The fourth-order valence-corrected chi connectivity index (χ4v) is 5.39. The van der Waals surface area contributed by atoms with Crippen molar-refractivity contribution in [1.82, 2.24) is 20.3 Å². The lowest BCUT2D eigenvalue weighted by Crippen LogP contribution is -2.38. The van der Waals surface area contributed by atoms with E-state index in [1.165, 1.54) is 0 Å². The van der Waals surface area contributed by atoms with E-state index in [1.54, 1.807) is 12.4 Å². The highest BCUT2D eigenvalue weighted by Gasteiger charge is 2.18. The number of aryl methyl sites for hydroxylation is 1. The van der Waals surface area contributed by atoms with Crippen LogP contribution in [-0.4, -0.2) is 39.9 Å². The highest BCUT2D eigenvalue weighted by Crippen LogP contribution is 2.37. The van der Waals surface area contributed by atoms with Crippen LogP contribution in [0.5, 0.6) is 11.6 Å². The van der Waals surface area contributed by atoms with Crippen LogP contribution >= 0.6 is 0 Å². The molecular weight excluding hydrogens is 510 g/mol. The smallest absolute Gasteiger partial charge is 0.228 e. The SMILES string of the molecule is Cc1ccc2c(CC(=O)Cc3ccccc3)cccc2c1Oc1ncccc1-c1ccnc(N[C@H]2CCCNC2)n1. The fraction of sp³-hybridized carbons (Fsp3) is 0.235. The van der Waals surface area contributed by atoms with E-state index in [2.05, 4.69) is 26.7 Å². The van der Waals surface area contributed by atoms with Crippen LogP contribution in [0.3, 0.4) is 0 Å². The Balaban J connectivity index is 1.28. The largest absolute Gasteiger partial charge is 0.437 e. The molecular formula is C34H33N5O2. The second-order valence-electron chi connectivity index (χ2n) is 10.5. The highest BCUT2D eigenvalue weighted by atomic mass is 16.5. The molecule has 2 N–H and O–H groups in total. The van der Waals surface area contributed by atoms with Gasteiger partial charge in [-0.2, -0.15) is 0 Å². The number of rotatable bonds is 9. The third kappa shape index (κ3) is 6.26. The Labute approximate surface area is 240 Å². The maximum absolute atomic E-state index is 13.0. The van der Waals surface area contributed by atoms with Crippen LogP contribution in [0, 0.1) is 6.92 Å². The molecule has 0 bridgehead atoms. The molecule has 41 heavy (non-hydrogen) atoms. The van der Waals surface area contributed by atoms with Gasteiger partial charge in [-0.1, -0.05) is 60.7 Å². The van der Waals surface area contributed by atoms with Crippen LogP contribution in [0.15, 0.2) is 91.3 Å². The van der Waals surface area contributed by atoms with Gasteiger partial charge in [-0.15, -0.1) is 0 Å². The van der Waals surface area contributed by atoms with E-state index >= 15 is 0 Å². The van der Waals surface area contributed by atoms with E-state index in [-0.39, 0.29) is 5.78 Å². The number of carbonyl (C=O) groups is 1. The fourth-order valence-electron chi connectivity index (χ4n) is 5.39. The van der Waals surface area contributed by atoms with Crippen LogP contribution in [0.2, 0.25) is 0 Å². The number of fused-ring (bicyclic) bond motifs is 1. The summed E-state index contributed by atoms with van der Waals surface area (Å²) in [5.74, 6) is 1.96. The molecule has 7 heteroatoms. The van der Waals surface area contributed by atoms with Crippen molar-refractivity contribution in [3.8, 4) is 22.9 Å². The summed E-state index contributed by atoms with van der Waals surface area (Å²) in [5.41, 5.74) is 4.51. The molecule has 6 rings (SSSR count). The lowest BCUT2D eigenvalue weighted by molar-refractivity contribution is -0.117. The second kappa shape index (κ2) is 12.3. The number of pyridine rings is 1. The molecule has 1 saturated heterocycles. The first-order valence-electron chi connectivity index (χ1n) is 14.1. The van der Waals surface area contributed by atoms with Crippen molar-refractivity contribution in [2.75, 3.05) is 18.4 Å². The zero-order valence-corrected chi connectivity index (χ0v) is 23.1. The van der Waals surface area contributed by atoms with Crippen LogP contribution in [-0.2, 0) is 17.6 Å². The number of nitrogens with one attached hydrogen (secondary N) is 2. The maximum Gasteiger partial charge on any atom is 0.228 e. The molecule has 5 aromatic rings. The zero-order chi connectivity index (χ0) is 28.0. The number of aromatic nitrogens is 3. The highest BCUT2D eigenvalue weighted by molar-refractivity contribution is 5.95. The maximum atomic E-state index is 13.0. The van der Waals surface area contributed by atoms with E-state index in [4.69, 9.17) is 9.72 Å². The van der Waals surface area contributed by atoms with Gasteiger partial charge in [-0.05, 0) is 66.6 Å². The molecule has 206 valence electrons. The molecule has 0 aliphatic carbocycles. The number of ether oxygens (including phenoxy) is 1. The molecule has 0 amide bonds. The van der Waals surface area contributed by atoms with E-state index in [9.17, 15) is 4.79 Å². The Morgan fingerprint density at radius 1 is 0.927 bits per heavy atom. The topological polar surface area (TPSA) is 89.0 Å². The molecule has 0 radical (unpaired) electrons. The Morgan fingerprint density at radius 3 is 2.68 bits per heavy atom. The van der Waals surface area contributed by atoms with Gasteiger partial charge in [-0.25, -0.2) is 15.0 Å². The lowest BCUT2D eigenvalue weighted by atomic mass is 9.96. The van der Waals surface area contributed by atoms with Crippen molar-refractivity contribution in [3.05, 3.63) is 108 Å². The van der Waals surface area contributed by atoms with Gasteiger partial charge in [0.2, 0.25) is 11.8 Å². The Kier molecular flexibility index (Phi) is 7.96. The summed E-state index contributed by atoms with van der Waals surface area (Å²) < 4.78 is 6.57. The van der Waals surface area contributed by atoms with Crippen LogP contribution in [0.4, 0.5) is 5.95 Å². The average Bonchev–Trinajstić information content (AvgIpc) is 3.00. The molecule has 2 aromatic heterocycles. The minimum Gasteiger partial charge on any atom is -0.437 e. The summed E-state index contributed by atoms with van der Waals surface area (Å²) in [6, 6.07) is 26.1. The number of nitrogens with zero attached hydrogens (tertiary/aromatic N) is 3. The number of carbonyl (C=O) groups excluding carboxylic acids is 1. The third-order valence-corrected chi connectivity index (χ3v) is 7.46. The van der Waals surface area contributed by atoms with E-state index in [0.717, 1.165) is 70.4 Å². The number of anilines is 1. The van der Waals surface area contributed by atoms with Crippen molar-refractivity contribution in [3.63, 3.8) is 0 Å². The van der Waals surface area contributed by atoms with Gasteiger partial charge in [0.1, 0.15) is 11.5 Å². The molecule has 1 aliphatic heterocycles. The summed E-state index contributed by atoms with van der Waals surface area (Å²) in [6.45, 7) is 3.97. The number of benzene rings is 3. The third-order valence-electron chi connectivity index (χ3n) is 7.46. The second-order valence-corrected chi connectivity index (χ2v) is 10.5. The van der Waals surface area contributed by atoms with E-state index in [0.29, 0.717) is 30.7 Å². The molecule has 3 aromatic carbocycles. The number of ketones is 1. The molecule has 0 spiro atoms. The molecule has 1 aliphatic rings. The van der Waals surface area contributed by atoms with Crippen molar-refractivity contribution in [1.29, 1.82) is 0 Å². The summed E-state index contributed by atoms with van der Waals surface area (Å²) >= 11 is 0. The summed E-state index contributed by atoms with van der Waals surface area (Å²) in [7, 11) is 0. The van der Waals surface area contributed by atoms with Crippen LogP contribution in [0.1, 0.15) is 29.5 Å². The predicted octanol–water partition coefficient (Wildman–Crippen LogP) is 6.31. The molecule has 1 atom stereocenters. The first kappa shape index (κ1) is 26.6. The number of hydrogen-bond donors (Lipinski definition) is 2. The Bertz CT molecular complexity index is 1670. The summed E-state index contributed by atoms with van der Waals surface area (Å²) in [6.07, 6.45) is 6.47. The lowest BCUT2D eigenvalue weighted by Gasteiger charge is -2.23. The first-order valence-corrected chi connectivity index (χ1v) is 14.1. The molecule has 1 fully saturated rings. The quantitative estimate of drug-likeness (QED) is 0.225. The number of hydrogen-bond acceptors (Lipinski definition) is 7. The predicted molar refractivity (Wildman–Crippen MR) is 162 cm³/mol. The van der Waals surface area contributed by atoms with Crippen molar-refractivity contribution in [2.45, 2.75) is 38.6 Å². The standard InChI is InChI=1S/C34H33N5O2/c1-23-14-15-28-25(21-27(40)20-24-8-3-2-4-9-24)10-5-12-29(28)32(23)41-33-30(13-7-18-36-33)31-16-19-37-34(39-31)38-26-11-6-17-35-22-26/h2-5,7-10,12-16,18-19,26,35H,6,11,17,20-22H2,1H3,(H,37,38,39)/t26-/m0/s1. The van der Waals surface area contributed by atoms with Gasteiger partial charge in [-0.3, -0.25) is 4.79 Å². The zero-order valence-electron chi connectivity index (χ0n) is 23.1. The van der Waals surface area contributed by atoms with Crippen molar-refractivity contribution >= 4 is 22.5 Å². The van der Waals surface area contributed by atoms with Gasteiger partial charge >= 0.3 is 0 Å². The van der Waals surface area contributed by atoms with Crippen molar-refractivity contribution < 1.29 is 9.53 Å². The van der Waals surface area contributed by atoms with Gasteiger partial charge < -0.3 is 15.4 Å². The molecule has 7 nitrogen and oxygen atoms in total. The Hall–Kier alpha value is -4.62. The normalized spacial score (nSPS) is 15.0. The number of Topliss-reactive ketones (excluding diaryl/α,β-unsaturated/α-hetero) is 1. The number of piperidine rings is 1. The molecule has 0 saturated carbocycles. The van der Waals surface area contributed by atoms with Gasteiger partial charge in [0.05, 0.1) is 11.3 Å². The van der Waals surface area contributed by atoms with E-state index in [1.807, 2.05) is 79.7 Å². The van der Waals surface area contributed by atoms with E-state index < -0.39 is 0 Å². The summed E-state index contributed by atoms with van der Waals surface area (Å²) in [5, 5.41) is 8.82.